The number of thiophene rings is 1. The average Bonchev–Trinajstić information content (AvgIpc) is 3.35. The van der Waals surface area contributed by atoms with Crippen molar-refractivity contribution < 1.29 is 14.3 Å². The lowest BCUT2D eigenvalue weighted by Gasteiger charge is -2.42. The Bertz CT molecular complexity index is 990. The van der Waals surface area contributed by atoms with Gasteiger partial charge in [0.05, 0.1) is 19.7 Å². The van der Waals surface area contributed by atoms with Gasteiger partial charge in [-0.2, -0.15) is 0 Å². The van der Waals surface area contributed by atoms with E-state index in [4.69, 9.17) is 4.74 Å². The number of rotatable bonds is 9. The van der Waals surface area contributed by atoms with E-state index >= 15 is 0 Å². The van der Waals surface area contributed by atoms with Crippen LogP contribution in [0.2, 0.25) is 0 Å². The second-order valence-corrected chi connectivity index (χ2v) is 10.8. The van der Waals surface area contributed by atoms with Crippen molar-refractivity contribution in [2.75, 3.05) is 39.8 Å². The third kappa shape index (κ3) is 6.07. The molecule has 2 amide bonds. The van der Waals surface area contributed by atoms with Gasteiger partial charge in [0.25, 0.3) is 0 Å². The lowest BCUT2D eigenvalue weighted by atomic mass is 9.93. The quantitative estimate of drug-likeness (QED) is 0.470. The predicted octanol–water partition coefficient (Wildman–Crippen LogP) is 4.73. The smallest absolute Gasteiger partial charge is 0.236 e. The number of piperazine rings is 1. The first-order valence-electron chi connectivity index (χ1n) is 13.0. The Morgan fingerprint density at radius 2 is 1.83 bits per heavy atom. The molecule has 1 fully saturated rings. The summed E-state index contributed by atoms with van der Waals surface area (Å²) >= 11 is 1.81. The van der Waals surface area contributed by atoms with Crippen LogP contribution in [0.25, 0.3) is 0 Å². The third-order valence-electron chi connectivity index (χ3n) is 7.38. The third-order valence-corrected chi connectivity index (χ3v) is 8.38. The molecule has 3 heterocycles. The Balaban J connectivity index is 1.39. The summed E-state index contributed by atoms with van der Waals surface area (Å²) in [5.74, 6) is 1.23. The zero-order valence-corrected chi connectivity index (χ0v) is 22.2. The second-order valence-electron chi connectivity index (χ2n) is 9.78. The fourth-order valence-electron chi connectivity index (χ4n) is 5.39. The SMILES string of the molecule is CCCCCCC(=O)N1CCN(C(=O)CN2CCc3sccc3[C@H]2c2ccc(OC)cc2)C[C@@H]1C. The summed E-state index contributed by atoms with van der Waals surface area (Å²) in [4.78, 5) is 33.8. The first kappa shape index (κ1) is 25.7. The number of carbonyl (C=O) groups is 2. The monoisotopic (exact) mass is 497 g/mol. The molecule has 0 radical (unpaired) electrons. The van der Waals surface area contributed by atoms with E-state index < -0.39 is 0 Å². The van der Waals surface area contributed by atoms with Gasteiger partial charge in [-0.15, -0.1) is 11.3 Å². The fourth-order valence-corrected chi connectivity index (χ4v) is 6.29. The molecule has 2 aliphatic rings. The average molecular weight is 498 g/mol. The first-order valence-corrected chi connectivity index (χ1v) is 13.9. The van der Waals surface area contributed by atoms with Crippen LogP contribution < -0.4 is 4.74 Å². The van der Waals surface area contributed by atoms with E-state index in [2.05, 4.69) is 42.3 Å². The van der Waals surface area contributed by atoms with Gasteiger partial charge in [0.15, 0.2) is 0 Å². The van der Waals surface area contributed by atoms with E-state index in [0.717, 1.165) is 31.6 Å². The van der Waals surface area contributed by atoms with Gasteiger partial charge in [-0.1, -0.05) is 38.3 Å². The lowest BCUT2D eigenvalue weighted by Crippen LogP contribution is -2.57. The Hall–Kier alpha value is -2.38. The van der Waals surface area contributed by atoms with Crippen molar-refractivity contribution in [1.82, 2.24) is 14.7 Å². The summed E-state index contributed by atoms with van der Waals surface area (Å²) in [6.45, 7) is 7.38. The number of hydrogen-bond donors (Lipinski definition) is 0. The topological polar surface area (TPSA) is 53.1 Å². The molecule has 35 heavy (non-hydrogen) atoms. The number of ether oxygens (including phenoxy) is 1. The van der Waals surface area contributed by atoms with Crippen molar-refractivity contribution in [1.29, 1.82) is 0 Å². The predicted molar refractivity (Wildman–Crippen MR) is 141 cm³/mol. The molecule has 1 aromatic carbocycles. The zero-order chi connectivity index (χ0) is 24.8. The van der Waals surface area contributed by atoms with Crippen molar-refractivity contribution in [3.05, 3.63) is 51.7 Å². The summed E-state index contributed by atoms with van der Waals surface area (Å²) < 4.78 is 5.35. The molecular formula is C28H39N3O3S. The second kappa shape index (κ2) is 12.0. The van der Waals surface area contributed by atoms with Crippen molar-refractivity contribution in [2.24, 2.45) is 0 Å². The molecule has 1 saturated heterocycles. The molecule has 7 heteroatoms. The maximum absolute atomic E-state index is 13.4. The minimum absolute atomic E-state index is 0.0635. The summed E-state index contributed by atoms with van der Waals surface area (Å²) in [6, 6.07) is 10.6. The zero-order valence-electron chi connectivity index (χ0n) is 21.4. The number of methoxy groups -OCH3 is 1. The standard InChI is InChI=1S/C28H39N3O3S/c1-4-5-6-7-8-26(32)31-17-16-29(19-21(31)2)27(33)20-30-15-13-25-24(14-18-35-25)28(30)22-9-11-23(34-3)12-10-22/h9-12,14,18,21,28H,4-8,13,15-17,19-20H2,1-3H3/t21-,28+/m0/s1. The van der Waals surface area contributed by atoms with Gasteiger partial charge in [0.2, 0.25) is 11.8 Å². The minimum Gasteiger partial charge on any atom is -0.497 e. The normalized spacial score (nSPS) is 20.5. The van der Waals surface area contributed by atoms with Crippen LogP contribution in [0, 0.1) is 0 Å². The van der Waals surface area contributed by atoms with Crippen molar-refractivity contribution in [3.8, 4) is 5.75 Å². The Morgan fingerprint density at radius 1 is 1.03 bits per heavy atom. The highest BCUT2D eigenvalue weighted by atomic mass is 32.1. The summed E-state index contributed by atoms with van der Waals surface area (Å²) in [6.07, 6.45) is 6.04. The molecular weight excluding hydrogens is 458 g/mol. The molecule has 2 atom stereocenters. The van der Waals surface area contributed by atoms with E-state index in [1.165, 1.54) is 28.8 Å². The maximum atomic E-state index is 13.4. The van der Waals surface area contributed by atoms with Gasteiger partial charge in [-0.25, -0.2) is 0 Å². The van der Waals surface area contributed by atoms with Crippen LogP contribution in [0.4, 0.5) is 0 Å². The van der Waals surface area contributed by atoms with E-state index in [9.17, 15) is 9.59 Å². The minimum atomic E-state index is 0.0635. The number of unbranched alkanes of at least 4 members (excludes halogenated alkanes) is 3. The molecule has 1 aromatic heterocycles. The number of amides is 2. The molecule has 0 bridgehead atoms. The molecule has 0 saturated carbocycles. The summed E-state index contributed by atoms with van der Waals surface area (Å²) in [7, 11) is 1.68. The van der Waals surface area contributed by atoms with Gasteiger partial charge in [0.1, 0.15) is 5.75 Å². The molecule has 4 rings (SSSR count). The first-order chi connectivity index (χ1) is 17.0. The number of benzene rings is 1. The molecule has 2 aromatic rings. The van der Waals surface area contributed by atoms with Crippen LogP contribution in [0.5, 0.6) is 5.75 Å². The highest BCUT2D eigenvalue weighted by Gasteiger charge is 2.34. The van der Waals surface area contributed by atoms with E-state index in [1.807, 2.05) is 33.3 Å². The van der Waals surface area contributed by atoms with E-state index in [1.54, 1.807) is 7.11 Å². The summed E-state index contributed by atoms with van der Waals surface area (Å²) in [5, 5.41) is 2.16. The molecule has 0 aliphatic carbocycles. The highest BCUT2D eigenvalue weighted by Crippen LogP contribution is 2.38. The molecule has 190 valence electrons. The Morgan fingerprint density at radius 3 is 2.54 bits per heavy atom. The molecule has 0 N–H and O–H groups in total. The Labute approximate surface area is 213 Å². The number of nitrogens with zero attached hydrogens (tertiary/aromatic N) is 3. The number of hydrogen-bond acceptors (Lipinski definition) is 5. The van der Waals surface area contributed by atoms with Crippen LogP contribution in [0.1, 0.15) is 68.0 Å². The maximum Gasteiger partial charge on any atom is 0.236 e. The van der Waals surface area contributed by atoms with Crippen molar-refractivity contribution in [2.45, 2.75) is 64.5 Å². The molecule has 2 aliphatic heterocycles. The van der Waals surface area contributed by atoms with Gasteiger partial charge in [-0.3, -0.25) is 14.5 Å². The van der Waals surface area contributed by atoms with Crippen molar-refractivity contribution in [3.63, 3.8) is 0 Å². The lowest BCUT2D eigenvalue weighted by molar-refractivity contribution is -0.143. The van der Waals surface area contributed by atoms with Gasteiger partial charge < -0.3 is 14.5 Å². The van der Waals surface area contributed by atoms with Gasteiger partial charge in [-0.05, 0) is 54.5 Å². The van der Waals surface area contributed by atoms with E-state index in [-0.39, 0.29) is 23.9 Å². The van der Waals surface area contributed by atoms with Crippen LogP contribution >= 0.6 is 11.3 Å². The fraction of sp³-hybridized carbons (Fsp3) is 0.571. The highest BCUT2D eigenvalue weighted by molar-refractivity contribution is 7.10. The van der Waals surface area contributed by atoms with Crippen LogP contribution in [-0.4, -0.2) is 72.4 Å². The van der Waals surface area contributed by atoms with Gasteiger partial charge in [0, 0.05) is 43.5 Å². The van der Waals surface area contributed by atoms with Gasteiger partial charge >= 0.3 is 0 Å². The largest absolute Gasteiger partial charge is 0.497 e. The van der Waals surface area contributed by atoms with Crippen LogP contribution in [0.15, 0.2) is 35.7 Å². The number of fused-ring (bicyclic) bond motifs is 1. The van der Waals surface area contributed by atoms with Crippen LogP contribution in [-0.2, 0) is 16.0 Å². The van der Waals surface area contributed by atoms with Crippen molar-refractivity contribution >= 4 is 23.2 Å². The van der Waals surface area contributed by atoms with Crippen LogP contribution in [0.3, 0.4) is 0 Å². The summed E-state index contributed by atoms with van der Waals surface area (Å²) in [5.41, 5.74) is 2.50. The molecule has 0 unspecified atom stereocenters. The molecule has 6 nitrogen and oxygen atoms in total. The molecule has 0 spiro atoms. The number of carbonyl (C=O) groups excluding carboxylic acids is 2. The van der Waals surface area contributed by atoms with E-state index in [0.29, 0.717) is 32.6 Å². The Kier molecular flexibility index (Phi) is 8.84.